The summed E-state index contributed by atoms with van der Waals surface area (Å²) in [6, 6.07) is 0. The van der Waals surface area contributed by atoms with Gasteiger partial charge in [0.25, 0.3) is 11.8 Å². The van der Waals surface area contributed by atoms with Gasteiger partial charge in [-0.1, -0.05) is 5.16 Å². The minimum absolute atomic E-state index is 0.0551. The van der Waals surface area contributed by atoms with Crippen molar-refractivity contribution >= 4 is 52.0 Å². The van der Waals surface area contributed by atoms with Crippen LogP contribution in [0.2, 0.25) is 0 Å². The van der Waals surface area contributed by atoms with Crippen molar-refractivity contribution in [1.82, 2.24) is 10.0 Å². The lowest BCUT2D eigenvalue weighted by molar-refractivity contribution is -0.192. The van der Waals surface area contributed by atoms with Crippen LogP contribution in [0.15, 0.2) is 10.5 Å². The Labute approximate surface area is 212 Å². The predicted molar refractivity (Wildman–Crippen MR) is 127 cm³/mol. The molecule has 1 aromatic heterocycles. The Hall–Kier alpha value is -3.55. The largest absolute Gasteiger partial charge is 0.457 e. The predicted octanol–water partition coefficient (Wildman–Crippen LogP) is 2.94. The standard InChI is InChI=1S/C22H30N4O9S/c1-20(2,3)32-17(30)22(7,8)35-25-15(16(29)34-26-13(27)9-10-14(26)28)12-11-36-18(23-12)24-19(31)33-21(4,5)6/h11H,9-10H2,1-8H3,(H,23,24,31)/b25-15-. The molecular formula is C22H30N4O9S. The molecule has 1 aromatic rings. The fourth-order valence-corrected chi connectivity index (χ4v) is 3.08. The van der Waals surface area contributed by atoms with Gasteiger partial charge < -0.3 is 19.1 Å². The van der Waals surface area contributed by atoms with Crippen LogP contribution in [0.3, 0.4) is 0 Å². The zero-order valence-corrected chi connectivity index (χ0v) is 22.2. The highest BCUT2D eigenvalue weighted by molar-refractivity contribution is 7.14. The maximum absolute atomic E-state index is 12.9. The number of thiazole rings is 1. The first-order chi connectivity index (χ1) is 16.4. The number of nitrogens with zero attached hydrogens (tertiary/aromatic N) is 3. The van der Waals surface area contributed by atoms with Crippen molar-refractivity contribution in [2.45, 2.75) is 85.0 Å². The fraction of sp³-hybridized carbons (Fsp3) is 0.591. The van der Waals surface area contributed by atoms with Crippen LogP contribution in [0.25, 0.3) is 0 Å². The number of nitrogens with one attached hydrogen (secondary N) is 1. The number of carbonyl (C=O) groups excluding carboxylic acids is 5. The van der Waals surface area contributed by atoms with E-state index in [0.29, 0.717) is 5.06 Å². The van der Waals surface area contributed by atoms with Crippen molar-refractivity contribution in [3.8, 4) is 0 Å². The van der Waals surface area contributed by atoms with Crippen LogP contribution in [0.4, 0.5) is 9.93 Å². The molecule has 0 spiro atoms. The summed E-state index contributed by atoms with van der Waals surface area (Å²) in [7, 11) is 0. The second-order valence-corrected chi connectivity index (χ2v) is 11.0. The van der Waals surface area contributed by atoms with Crippen LogP contribution >= 0.6 is 11.3 Å². The third-order valence-electron chi connectivity index (χ3n) is 3.98. The average molecular weight is 527 g/mol. The van der Waals surface area contributed by atoms with Crippen LogP contribution in [-0.2, 0) is 38.3 Å². The normalized spacial score (nSPS) is 15.0. The van der Waals surface area contributed by atoms with Gasteiger partial charge in [-0.05, 0) is 55.4 Å². The molecule has 36 heavy (non-hydrogen) atoms. The molecule has 0 aromatic carbocycles. The van der Waals surface area contributed by atoms with Gasteiger partial charge in [0.1, 0.15) is 16.9 Å². The highest BCUT2D eigenvalue weighted by Gasteiger charge is 2.38. The summed E-state index contributed by atoms with van der Waals surface area (Å²) >= 11 is 0.935. The second kappa shape index (κ2) is 10.6. The summed E-state index contributed by atoms with van der Waals surface area (Å²) in [4.78, 5) is 75.6. The molecule has 0 saturated carbocycles. The number of oxime groups is 1. The Balaban J connectivity index is 2.32. The quantitative estimate of drug-likeness (QED) is 0.242. The third-order valence-corrected chi connectivity index (χ3v) is 4.74. The molecule has 0 radical (unpaired) electrons. The molecule has 2 rings (SSSR count). The van der Waals surface area contributed by atoms with Gasteiger partial charge in [0.2, 0.25) is 11.3 Å². The summed E-state index contributed by atoms with van der Waals surface area (Å²) in [5.74, 6) is -3.41. The van der Waals surface area contributed by atoms with Gasteiger partial charge >= 0.3 is 18.0 Å². The van der Waals surface area contributed by atoms with Crippen molar-refractivity contribution < 1.29 is 43.1 Å². The molecule has 1 fully saturated rings. The highest BCUT2D eigenvalue weighted by Crippen LogP contribution is 2.22. The number of amides is 3. The van der Waals surface area contributed by atoms with Crippen LogP contribution in [0.1, 0.15) is 73.9 Å². The summed E-state index contributed by atoms with van der Waals surface area (Å²) in [5.41, 5.74) is -3.87. The average Bonchev–Trinajstić information content (AvgIpc) is 3.27. The van der Waals surface area contributed by atoms with E-state index in [1.807, 2.05) is 0 Å². The molecular weight excluding hydrogens is 496 g/mol. The van der Waals surface area contributed by atoms with Gasteiger partial charge in [0, 0.05) is 18.2 Å². The maximum Gasteiger partial charge on any atom is 0.413 e. The van der Waals surface area contributed by atoms with Gasteiger partial charge in [-0.2, -0.15) is 0 Å². The van der Waals surface area contributed by atoms with Crippen LogP contribution in [-0.4, -0.2) is 62.4 Å². The van der Waals surface area contributed by atoms with Gasteiger partial charge in [0.05, 0.1) is 0 Å². The number of carbonyl (C=O) groups is 5. The molecule has 0 bridgehead atoms. The zero-order valence-electron chi connectivity index (χ0n) is 21.4. The van der Waals surface area contributed by atoms with Crippen molar-refractivity contribution in [3.05, 3.63) is 11.1 Å². The van der Waals surface area contributed by atoms with Crippen molar-refractivity contribution in [2.24, 2.45) is 5.16 Å². The first-order valence-corrected chi connectivity index (χ1v) is 11.8. The SMILES string of the molecule is CC(C)(C)OC(=O)Nc1nc(/C(=N/OC(C)(C)C(=O)OC(C)(C)C)C(=O)ON2C(=O)CCC2=O)cs1. The molecule has 14 heteroatoms. The number of aromatic nitrogens is 1. The Bertz CT molecular complexity index is 1060. The summed E-state index contributed by atoms with van der Waals surface area (Å²) in [5, 5.41) is 7.92. The van der Waals surface area contributed by atoms with E-state index in [1.54, 1.807) is 41.5 Å². The Morgan fingerprint density at radius 2 is 1.53 bits per heavy atom. The molecule has 1 saturated heterocycles. The van der Waals surface area contributed by atoms with E-state index < -0.39 is 52.4 Å². The van der Waals surface area contributed by atoms with E-state index in [1.165, 1.54) is 19.2 Å². The van der Waals surface area contributed by atoms with E-state index in [0.717, 1.165) is 11.3 Å². The number of imide groups is 1. The zero-order chi connectivity index (χ0) is 27.5. The van der Waals surface area contributed by atoms with E-state index in [-0.39, 0.29) is 23.7 Å². The van der Waals surface area contributed by atoms with Crippen LogP contribution < -0.4 is 5.32 Å². The highest BCUT2D eigenvalue weighted by atomic mass is 32.1. The molecule has 3 amide bonds. The van der Waals surface area contributed by atoms with Crippen molar-refractivity contribution in [1.29, 1.82) is 0 Å². The van der Waals surface area contributed by atoms with Gasteiger partial charge in [-0.25, -0.2) is 19.4 Å². The van der Waals surface area contributed by atoms with Crippen LogP contribution in [0, 0.1) is 0 Å². The molecule has 2 heterocycles. The lowest BCUT2D eigenvalue weighted by Crippen LogP contribution is -2.40. The lowest BCUT2D eigenvalue weighted by atomic mass is 10.1. The minimum Gasteiger partial charge on any atom is -0.457 e. The first kappa shape index (κ1) is 28.7. The van der Waals surface area contributed by atoms with Gasteiger partial charge in [-0.3, -0.25) is 14.9 Å². The third kappa shape index (κ3) is 8.29. The van der Waals surface area contributed by atoms with Gasteiger partial charge in [0.15, 0.2) is 5.13 Å². The number of esters is 1. The number of anilines is 1. The van der Waals surface area contributed by atoms with Gasteiger partial charge in [-0.15, -0.1) is 16.4 Å². The Morgan fingerprint density at radius 3 is 2.06 bits per heavy atom. The number of ether oxygens (including phenoxy) is 2. The molecule has 0 unspecified atom stereocenters. The summed E-state index contributed by atoms with van der Waals surface area (Å²) in [6.07, 6.45) is -0.997. The number of rotatable bonds is 7. The molecule has 198 valence electrons. The smallest absolute Gasteiger partial charge is 0.413 e. The topological polar surface area (TPSA) is 163 Å². The fourth-order valence-electron chi connectivity index (χ4n) is 2.40. The summed E-state index contributed by atoms with van der Waals surface area (Å²) in [6.45, 7) is 12.8. The number of hydroxylamine groups is 2. The Morgan fingerprint density at radius 1 is 0.972 bits per heavy atom. The van der Waals surface area contributed by atoms with E-state index in [9.17, 15) is 24.0 Å². The van der Waals surface area contributed by atoms with Crippen molar-refractivity contribution in [3.63, 3.8) is 0 Å². The minimum atomic E-state index is -1.63. The van der Waals surface area contributed by atoms with E-state index in [2.05, 4.69) is 15.5 Å². The second-order valence-electron chi connectivity index (χ2n) is 10.2. The monoisotopic (exact) mass is 526 g/mol. The molecule has 0 aliphatic carbocycles. The summed E-state index contributed by atoms with van der Waals surface area (Å²) < 4.78 is 10.5. The first-order valence-electron chi connectivity index (χ1n) is 10.9. The molecule has 0 atom stereocenters. The number of hydrogen-bond acceptors (Lipinski definition) is 12. The van der Waals surface area contributed by atoms with E-state index in [4.69, 9.17) is 19.1 Å². The van der Waals surface area contributed by atoms with Crippen molar-refractivity contribution in [2.75, 3.05) is 5.32 Å². The molecule has 1 N–H and O–H groups in total. The van der Waals surface area contributed by atoms with E-state index >= 15 is 0 Å². The molecule has 13 nitrogen and oxygen atoms in total. The van der Waals surface area contributed by atoms with Crippen LogP contribution in [0.5, 0.6) is 0 Å². The molecule has 1 aliphatic rings. The Kier molecular flexibility index (Phi) is 8.45. The maximum atomic E-state index is 12.9. The lowest BCUT2D eigenvalue weighted by Gasteiger charge is -2.26. The number of hydrogen-bond donors (Lipinski definition) is 1. The molecule has 1 aliphatic heterocycles.